The molecule has 0 radical (unpaired) electrons. The highest BCUT2D eigenvalue weighted by Gasteiger charge is 2.21. The minimum Gasteiger partial charge on any atom is -0.317 e. The first-order valence-electron chi connectivity index (χ1n) is 8.83. The van der Waals surface area contributed by atoms with Gasteiger partial charge in [-0.3, -0.25) is 4.90 Å². The molecular weight excluding hydrogens is 256 g/mol. The van der Waals surface area contributed by atoms with Crippen molar-refractivity contribution in [3.8, 4) is 0 Å². The van der Waals surface area contributed by atoms with Crippen LogP contribution in [0.4, 0.5) is 0 Å². The zero-order valence-electron chi connectivity index (χ0n) is 13.5. The summed E-state index contributed by atoms with van der Waals surface area (Å²) in [6.45, 7) is 3.72. The Morgan fingerprint density at radius 2 is 1.62 bits per heavy atom. The molecular formula is C19H30N2. The third-order valence-electron chi connectivity index (χ3n) is 5.44. The van der Waals surface area contributed by atoms with Crippen molar-refractivity contribution in [3.05, 3.63) is 35.4 Å². The van der Waals surface area contributed by atoms with E-state index >= 15 is 0 Å². The lowest BCUT2D eigenvalue weighted by Gasteiger charge is -2.29. The van der Waals surface area contributed by atoms with Crippen LogP contribution in [0.1, 0.15) is 62.0 Å². The van der Waals surface area contributed by atoms with Crippen LogP contribution in [0.25, 0.3) is 0 Å². The minimum absolute atomic E-state index is 0.750. The summed E-state index contributed by atoms with van der Waals surface area (Å²) < 4.78 is 0. The van der Waals surface area contributed by atoms with E-state index in [4.69, 9.17) is 0 Å². The number of rotatable bonds is 4. The normalized spacial score (nSPS) is 27.7. The molecule has 2 fully saturated rings. The third kappa shape index (κ3) is 4.08. The van der Waals surface area contributed by atoms with E-state index in [0.717, 1.165) is 18.5 Å². The molecule has 1 N–H and O–H groups in total. The second-order valence-electron chi connectivity index (χ2n) is 6.92. The van der Waals surface area contributed by atoms with Crippen LogP contribution in [0.3, 0.4) is 0 Å². The van der Waals surface area contributed by atoms with Crippen molar-refractivity contribution < 1.29 is 0 Å². The van der Waals surface area contributed by atoms with E-state index in [0.29, 0.717) is 0 Å². The number of nitrogens with zero attached hydrogens (tertiary/aromatic N) is 1. The maximum Gasteiger partial charge on any atom is 0.0233 e. The maximum atomic E-state index is 3.42. The third-order valence-corrected chi connectivity index (χ3v) is 5.44. The standard InChI is InChI=1S/C19H30N2/c1-20-19-11-9-18(10-12-19)17-7-5-16(6-8-17)15-21-13-3-2-4-14-21/h5-8,18-20H,2-4,9-15H2,1H3. The predicted octanol–water partition coefficient (Wildman–Crippen LogP) is 3.92. The minimum atomic E-state index is 0.750. The second kappa shape index (κ2) is 7.42. The molecule has 0 unspecified atom stereocenters. The van der Waals surface area contributed by atoms with Gasteiger partial charge in [-0.2, -0.15) is 0 Å². The Hall–Kier alpha value is -0.860. The fourth-order valence-corrected chi connectivity index (χ4v) is 3.99. The van der Waals surface area contributed by atoms with Crippen LogP contribution in [0.2, 0.25) is 0 Å². The number of hydrogen-bond donors (Lipinski definition) is 1. The molecule has 1 aliphatic heterocycles. The van der Waals surface area contributed by atoms with Gasteiger partial charge >= 0.3 is 0 Å². The molecule has 1 aromatic rings. The average molecular weight is 286 g/mol. The molecule has 0 amide bonds. The van der Waals surface area contributed by atoms with Gasteiger partial charge in [0.25, 0.3) is 0 Å². The van der Waals surface area contributed by atoms with Crippen LogP contribution in [-0.4, -0.2) is 31.1 Å². The molecule has 21 heavy (non-hydrogen) atoms. The zero-order chi connectivity index (χ0) is 14.5. The smallest absolute Gasteiger partial charge is 0.0233 e. The number of likely N-dealkylation sites (tertiary alicyclic amines) is 1. The summed E-state index contributed by atoms with van der Waals surface area (Å²) in [4.78, 5) is 2.61. The van der Waals surface area contributed by atoms with E-state index in [-0.39, 0.29) is 0 Å². The quantitative estimate of drug-likeness (QED) is 0.902. The SMILES string of the molecule is CNC1CCC(c2ccc(CN3CCCCC3)cc2)CC1. The summed E-state index contributed by atoms with van der Waals surface area (Å²) in [5, 5.41) is 3.42. The number of hydrogen-bond acceptors (Lipinski definition) is 2. The molecule has 1 saturated carbocycles. The number of benzene rings is 1. The maximum absolute atomic E-state index is 3.42. The summed E-state index contributed by atoms with van der Waals surface area (Å²) in [5.41, 5.74) is 3.05. The van der Waals surface area contributed by atoms with Crippen LogP contribution in [0.15, 0.2) is 24.3 Å². The highest BCUT2D eigenvalue weighted by atomic mass is 15.1. The lowest BCUT2D eigenvalue weighted by molar-refractivity contribution is 0.221. The van der Waals surface area contributed by atoms with Gasteiger partial charge in [0, 0.05) is 12.6 Å². The highest BCUT2D eigenvalue weighted by molar-refractivity contribution is 5.26. The Kier molecular flexibility index (Phi) is 5.32. The predicted molar refractivity (Wildman–Crippen MR) is 89.6 cm³/mol. The van der Waals surface area contributed by atoms with Gasteiger partial charge < -0.3 is 5.32 Å². The Balaban J connectivity index is 1.54. The van der Waals surface area contributed by atoms with Crippen molar-refractivity contribution in [1.82, 2.24) is 10.2 Å². The fraction of sp³-hybridized carbons (Fsp3) is 0.684. The molecule has 0 aromatic heterocycles. The molecule has 1 heterocycles. The van der Waals surface area contributed by atoms with Crippen molar-refractivity contribution in [1.29, 1.82) is 0 Å². The van der Waals surface area contributed by atoms with E-state index < -0.39 is 0 Å². The van der Waals surface area contributed by atoms with Crippen molar-refractivity contribution in [2.45, 2.75) is 63.5 Å². The first kappa shape index (κ1) is 15.1. The van der Waals surface area contributed by atoms with Crippen LogP contribution < -0.4 is 5.32 Å². The van der Waals surface area contributed by atoms with Gasteiger partial charge in [0.05, 0.1) is 0 Å². The molecule has 2 aliphatic rings. The summed E-state index contributed by atoms with van der Waals surface area (Å²) in [6.07, 6.45) is 9.53. The topological polar surface area (TPSA) is 15.3 Å². The summed E-state index contributed by atoms with van der Waals surface area (Å²) in [6, 6.07) is 10.3. The molecule has 0 spiro atoms. The first-order valence-corrected chi connectivity index (χ1v) is 8.83. The molecule has 1 aliphatic carbocycles. The van der Waals surface area contributed by atoms with Gasteiger partial charge in [-0.05, 0) is 75.7 Å². The lowest BCUT2D eigenvalue weighted by atomic mass is 9.81. The Bertz CT molecular complexity index is 412. The van der Waals surface area contributed by atoms with E-state index in [2.05, 4.69) is 41.5 Å². The van der Waals surface area contributed by atoms with Crippen molar-refractivity contribution in [3.63, 3.8) is 0 Å². The van der Waals surface area contributed by atoms with Crippen molar-refractivity contribution >= 4 is 0 Å². The van der Waals surface area contributed by atoms with E-state index in [1.54, 1.807) is 5.56 Å². The highest BCUT2D eigenvalue weighted by Crippen LogP contribution is 2.32. The zero-order valence-corrected chi connectivity index (χ0v) is 13.5. The lowest BCUT2D eigenvalue weighted by Crippen LogP contribution is -2.29. The largest absolute Gasteiger partial charge is 0.317 e. The van der Waals surface area contributed by atoms with Crippen LogP contribution in [-0.2, 0) is 6.54 Å². The van der Waals surface area contributed by atoms with E-state index in [9.17, 15) is 0 Å². The van der Waals surface area contributed by atoms with Crippen LogP contribution in [0, 0.1) is 0 Å². The van der Waals surface area contributed by atoms with Crippen LogP contribution >= 0.6 is 0 Å². The fourth-order valence-electron chi connectivity index (χ4n) is 3.99. The second-order valence-corrected chi connectivity index (χ2v) is 6.92. The van der Waals surface area contributed by atoms with Gasteiger partial charge in [0.15, 0.2) is 0 Å². The van der Waals surface area contributed by atoms with Gasteiger partial charge in [-0.25, -0.2) is 0 Å². The molecule has 2 nitrogen and oxygen atoms in total. The van der Waals surface area contributed by atoms with Crippen molar-refractivity contribution in [2.75, 3.05) is 20.1 Å². The number of piperidine rings is 1. The molecule has 0 bridgehead atoms. The summed E-state index contributed by atoms with van der Waals surface area (Å²) in [5.74, 6) is 0.790. The Morgan fingerprint density at radius 3 is 2.24 bits per heavy atom. The van der Waals surface area contributed by atoms with Crippen LogP contribution in [0.5, 0.6) is 0 Å². The summed E-state index contributed by atoms with van der Waals surface area (Å²) >= 11 is 0. The molecule has 1 saturated heterocycles. The monoisotopic (exact) mass is 286 g/mol. The van der Waals surface area contributed by atoms with Gasteiger partial charge in [-0.15, -0.1) is 0 Å². The molecule has 0 atom stereocenters. The van der Waals surface area contributed by atoms with E-state index in [1.165, 1.54) is 63.6 Å². The van der Waals surface area contributed by atoms with Gasteiger partial charge in [-0.1, -0.05) is 30.7 Å². The van der Waals surface area contributed by atoms with Crippen molar-refractivity contribution in [2.24, 2.45) is 0 Å². The first-order chi connectivity index (χ1) is 10.3. The van der Waals surface area contributed by atoms with E-state index in [1.807, 2.05) is 0 Å². The number of nitrogens with one attached hydrogen (secondary N) is 1. The summed E-state index contributed by atoms with van der Waals surface area (Å²) in [7, 11) is 2.10. The van der Waals surface area contributed by atoms with Gasteiger partial charge in [0.1, 0.15) is 0 Å². The Labute approximate surface area is 129 Å². The average Bonchev–Trinajstić information content (AvgIpc) is 2.57. The molecule has 3 rings (SSSR count). The Morgan fingerprint density at radius 1 is 0.952 bits per heavy atom. The molecule has 1 aromatic carbocycles. The molecule has 116 valence electrons. The molecule has 2 heteroatoms. The van der Waals surface area contributed by atoms with Gasteiger partial charge in [0.2, 0.25) is 0 Å².